The average Bonchev–Trinajstić information content (AvgIpc) is 3.58. The minimum absolute atomic E-state index is 0.0467. The minimum Gasteiger partial charge on any atom is -0.310 e. The zero-order valence-corrected chi connectivity index (χ0v) is 24.5. The van der Waals surface area contributed by atoms with E-state index >= 15 is 0 Å². The summed E-state index contributed by atoms with van der Waals surface area (Å²) in [6, 6.07) is 37.0. The number of fused-ring (bicyclic) bond motifs is 6. The van der Waals surface area contributed by atoms with Gasteiger partial charge in [-0.15, -0.1) is 0 Å². The lowest BCUT2D eigenvalue weighted by Crippen LogP contribution is -2.09. The van der Waals surface area contributed by atoms with E-state index in [2.05, 4.69) is 24.3 Å². The van der Waals surface area contributed by atoms with Crippen LogP contribution in [0, 0.1) is 0 Å². The Morgan fingerprint density at radius 3 is 1.87 bits per heavy atom. The van der Waals surface area contributed by atoms with Crippen molar-refractivity contribution in [1.29, 1.82) is 0 Å². The van der Waals surface area contributed by atoms with Crippen molar-refractivity contribution in [2.45, 2.75) is 0 Å². The number of rotatable bonds is 5. The van der Waals surface area contributed by atoms with Crippen LogP contribution in [0.25, 0.3) is 60.2 Å². The lowest BCUT2D eigenvalue weighted by atomic mass is 10.0. The molecular weight excluding hydrogens is 556 g/mol. The summed E-state index contributed by atoms with van der Waals surface area (Å²) in [5.41, 5.74) is 4.02. The van der Waals surface area contributed by atoms with Crippen molar-refractivity contribution in [3.8, 4) is 16.8 Å². The van der Waals surface area contributed by atoms with E-state index < -0.39 is 18.1 Å². The van der Waals surface area contributed by atoms with Crippen LogP contribution in [0.3, 0.4) is 0 Å². The van der Waals surface area contributed by atoms with Crippen molar-refractivity contribution < 1.29 is 12.3 Å². The van der Waals surface area contributed by atoms with Gasteiger partial charge in [0, 0.05) is 38.9 Å². The average molecular weight is 596 g/mol. The molecular formula is C44H30N2. The number of hydrogen-bond acceptors (Lipinski definition) is 1. The number of hydrogen-bond donors (Lipinski definition) is 0. The second-order valence-electron chi connectivity index (χ2n) is 11.1. The third-order valence-electron chi connectivity index (χ3n) is 8.41. The summed E-state index contributed by atoms with van der Waals surface area (Å²) in [4.78, 5) is 1.73. The van der Waals surface area contributed by atoms with Gasteiger partial charge in [-0.3, -0.25) is 0 Å². The van der Waals surface area contributed by atoms with Gasteiger partial charge >= 0.3 is 0 Å². The highest BCUT2D eigenvalue weighted by Crippen LogP contribution is 2.41. The van der Waals surface area contributed by atoms with Crippen molar-refractivity contribution in [1.82, 2.24) is 4.57 Å². The van der Waals surface area contributed by atoms with Crippen LogP contribution in [0.1, 0.15) is 12.3 Å². The second-order valence-corrected chi connectivity index (χ2v) is 11.1. The monoisotopic (exact) mass is 595 g/mol. The third-order valence-corrected chi connectivity index (χ3v) is 8.41. The Morgan fingerprint density at radius 1 is 0.457 bits per heavy atom. The molecule has 9 aromatic rings. The summed E-state index contributed by atoms with van der Waals surface area (Å²) in [7, 11) is 0. The molecule has 216 valence electrons. The Kier molecular flexibility index (Phi) is 4.37. The largest absolute Gasteiger partial charge is 0.310 e. The summed E-state index contributed by atoms with van der Waals surface area (Å²) < 4.78 is 84.2. The Balaban J connectivity index is 1.43. The maximum Gasteiger partial charge on any atom is 0.0652 e. The van der Waals surface area contributed by atoms with Gasteiger partial charge in [0.15, 0.2) is 0 Å². The summed E-state index contributed by atoms with van der Waals surface area (Å²) in [6.07, 6.45) is 0. The SMILES string of the molecule is [2H]c1c(N(c2ccccc2)c2ccccc2)c([2H])c2c(c1[2H])c([2H])c([2H])c1c3c([2H])c([2H])c([2H])c([2H])c3n(-c3ccc(-c4ccc5ccccc5c4)cc3)c21. The van der Waals surface area contributed by atoms with Gasteiger partial charge in [0.2, 0.25) is 0 Å². The van der Waals surface area contributed by atoms with Gasteiger partial charge in [-0.05, 0) is 87.9 Å². The Morgan fingerprint density at radius 2 is 1.11 bits per heavy atom. The van der Waals surface area contributed by atoms with Gasteiger partial charge < -0.3 is 9.47 Å². The smallest absolute Gasteiger partial charge is 0.0652 e. The van der Waals surface area contributed by atoms with Crippen LogP contribution in [0.5, 0.6) is 0 Å². The van der Waals surface area contributed by atoms with Crippen LogP contribution in [-0.2, 0) is 0 Å². The molecule has 46 heavy (non-hydrogen) atoms. The van der Waals surface area contributed by atoms with Crippen molar-refractivity contribution >= 4 is 60.4 Å². The van der Waals surface area contributed by atoms with Gasteiger partial charge in [-0.25, -0.2) is 0 Å². The maximum atomic E-state index is 9.92. The predicted molar refractivity (Wildman–Crippen MR) is 196 cm³/mol. The first kappa shape index (κ1) is 18.6. The highest BCUT2D eigenvalue weighted by Gasteiger charge is 2.18. The lowest BCUT2D eigenvalue weighted by molar-refractivity contribution is 1.19. The number of nitrogens with zero attached hydrogens (tertiary/aromatic N) is 2. The molecule has 0 unspecified atom stereocenters. The summed E-state index contributed by atoms with van der Waals surface area (Å²) in [5.74, 6) is 0. The molecule has 0 amide bonds. The van der Waals surface area contributed by atoms with E-state index in [1.807, 2.05) is 103 Å². The molecule has 0 N–H and O–H groups in total. The molecule has 0 radical (unpaired) electrons. The van der Waals surface area contributed by atoms with Crippen LogP contribution in [-0.4, -0.2) is 4.57 Å². The van der Waals surface area contributed by atoms with Gasteiger partial charge in [0.05, 0.1) is 23.4 Å². The normalized spacial score (nSPS) is 14.2. The molecule has 0 bridgehead atoms. The van der Waals surface area contributed by atoms with E-state index in [-0.39, 0.29) is 74.5 Å². The maximum absolute atomic E-state index is 9.92. The number of benzene rings is 8. The summed E-state index contributed by atoms with van der Waals surface area (Å²) in [6.45, 7) is 0. The summed E-state index contributed by atoms with van der Waals surface area (Å²) in [5, 5.41) is 2.33. The van der Waals surface area contributed by atoms with Gasteiger partial charge in [-0.1, -0.05) is 121 Å². The lowest BCUT2D eigenvalue weighted by Gasteiger charge is -2.26. The standard InChI is InChI=1S/C44H30N2/c1-3-13-36(14-4-1)45(37-15-5-2-6-16-37)39-27-23-33-24-28-41-40-17-9-10-18-43(40)46(44(41)42(33)30-39)38-25-21-32(22-26-38)35-20-19-31-11-7-8-12-34(31)29-35/h1-30H/i9D,10D,17D,18D,23D,24D,27D,28D,30D. The molecule has 1 aromatic heterocycles. The molecule has 0 saturated heterocycles. The fraction of sp³-hybridized carbons (Fsp3) is 0. The van der Waals surface area contributed by atoms with Crippen molar-refractivity contribution in [2.75, 3.05) is 4.90 Å². The fourth-order valence-electron chi connectivity index (χ4n) is 6.25. The van der Waals surface area contributed by atoms with Gasteiger partial charge in [-0.2, -0.15) is 0 Å². The van der Waals surface area contributed by atoms with Crippen LogP contribution in [0.4, 0.5) is 17.1 Å². The van der Waals surface area contributed by atoms with Crippen LogP contribution in [0.2, 0.25) is 0 Å². The van der Waals surface area contributed by atoms with E-state index in [9.17, 15) is 6.85 Å². The van der Waals surface area contributed by atoms with Crippen molar-refractivity contribution in [2.24, 2.45) is 0 Å². The minimum atomic E-state index is -0.483. The number of para-hydroxylation sites is 3. The van der Waals surface area contributed by atoms with E-state index in [0.29, 0.717) is 17.1 Å². The van der Waals surface area contributed by atoms with Crippen LogP contribution >= 0.6 is 0 Å². The molecule has 0 spiro atoms. The quantitative estimate of drug-likeness (QED) is 0.192. The number of aromatic nitrogens is 1. The second kappa shape index (κ2) is 10.8. The third kappa shape index (κ3) is 4.35. The molecule has 2 heteroatoms. The van der Waals surface area contributed by atoms with Crippen LogP contribution < -0.4 is 4.90 Å². The molecule has 9 rings (SSSR count). The molecule has 0 aliphatic heterocycles. The fourth-order valence-corrected chi connectivity index (χ4v) is 6.25. The van der Waals surface area contributed by atoms with E-state index in [1.54, 1.807) is 9.47 Å². The molecule has 0 aliphatic rings. The zero-order valence-electron chi connectivity index (χ0n) is 33.5. The first-order chi connectivity index (χ1) is 26.6. The molecule has 0 fully saturated rings. The Bertz CT molecular complexity index is 2980. The topological polar surface area (TPSA) is 8.17 Å². The first-order valence-corrected chi connectivity index (χ1v) is 15.0. The highest BCUT2D eigenvalue weighted by atomic mass is 15.1. The zero-order chi connectivity index (χ0) is 38.3. The van der Waals surface area contributed by atoms with E-state index in [4.69, 9.17) is 5.48 Å². The molecule has 0 saturated carbocycles. The molecule has 8 aromatic carbocycles. The molecule has 2 nitrogen and oxygen atoms in total. The van der Waals surface area contributed by atoms with E-state index in [0.717, 1.165) is 21.9 Å². The molecule has 0 aliphatic carbocycles. The predicted octanol–water partition coefficient (Wildman–Crippen LogP) is 12.2. The van der Waals surface area contributed by atoms with Gasteiger partial charge in [0.25, 0.3) is 0 Å². The van der Waals surface area contributed by atoms with Crippen molar-refractivity contribution in [3.05, 3.63) is 182 Å². The van der Waals surface area contributed by atoms with Crippen LogP contribution in [0.15, 0.2) is 182 Å². The summed E-state index contributed by atoms with van der Waals surface area (Å²) >= 11 is 0. The molecule has 1 heterocycles. The first-order valence-electron chi connectivity index (χ1n) is 19.5. The van der Waals surface area contributed by atoms with E-state index in [1.165, 1.54) is 0 Å². The number of anilines is 3. The Labute approximate surface area is 280 Å². The highest BCUT2D eigenvalue weighted by molar-refractivity contribution is 6.19. The Hall–Kier alpha value is -6.12. The van der Waals surface area contributed by atoms with Gasteiger partial charge in [0.1, 0.15) is 0 Å². The van der Waals surface area contributed by atoms with Crippen molar-refractivity contribution in [3.63, 3.8) is 0 Å². The molecule has 0 atom stereocenters.